The third-order valence-electron chi connectivity index (χ3n) is 4.43. The smallest absolute Gasteiger partial charge is 0.243 e. The van der Waals surface area contributed by atoms with Crippen LogP contribution in [0.15, 0.2) is 53.4 Å². The van der Waals surface area contributed by atoms with Gasteiger partial charge >= 0.3 is 0 Å². The summed E-state index contributed by atoms with van der Waals surface area (Å²) in [5, 5.41) is 3.55. The number of nitrogens with one attached hydrogen (secondary N) is 1. The van der Waals surface area contributed by atoms with Crippen LogP contribution >= 0.6 is 0 Å². The fourth-order valence-electron chi connectivity index (χ4n) is 3.28. The fourth-order valence-corrected chi connectivity index (χ4v) is 4.77. The van der Waals surface area contributed by atoms with Crippen LogP contribution in [0.4, 0.5) is 5.69 Å². The molecule has 0 saturated carbocycles. The highest BCUT2D eigenvalue weighted by Gasteiger charge is 2.29. The lowest BCUT2D eigenvalue weighted by atomic mass is 10.1. The molecule has 1 fully saturated rings. The van der Waals surface area contributed by atoms with Crippen LogP contribution in [-0.4, -0.2) is 31.9 Å². The Bertz CT molecular complexity index is 775. The van der Waals surface area contributed by atoms with Gasteiger partial charge in [0.1, 0.15) is 0 Å². The van der Waals surface area contributed by atoms with Crippen LogP contribution in [-0.2, 0) is 10.0 Å². The average molecular weight is 344 g/mol. The Morgan fingerprint density at radius 1 is 0.958 bits per heavy atom. The second-order valence-electron chi connectivity index (χ2n) is 6.51. The monoisotopic (exact) mass is 344 g/mol. The first kappa shape index (κ1) is 17.0. The summed E-state index contributed by atoms with van der Waals surface area (Å²) in [6.45, 7) is 5.29. The molecule has 1 heterocycles. The molecule has 1 aliphatic heterocycles. The number of anilines is 1. The van der Waals surface area contributed by atoms with E-state index < -0.39 is 10.0 Å². The molecule has 0 amide bonds. The van der Waals surface area contributed by atoms with Gasteiger partial charge in [-0.15, -0.1) is 0 Å². The summed E-state index contributed by atoms with van der Waals surface area (Å²) in [6.07, 6.45) is 1.64. The van der Waals surface area contributed by atoms with Crippen LogP contribution in [0.25, 0.3) is 0 Å². The molecule has 0 bridgehead atoms. The van der Waals surface area contributed by atoms with E-state index in [-0.39, 0.29) is 0 Å². The molecule has 128 valence electrons. The van der Waals surface area contributed by atoms with Crippen LogP contribution < -0.4 is 5.32 Å². The van der Waals surface area contributed by atoms with Crippen molar-refractivity contribution in [3.63, 3.8) is 0 Å². The lowest BCUT2D eigenvalue weighted by Gasteiger charge is -2.32. The molecule has 2 aromatic carbocycles. The zero-order valence-corrected chi connectivity index (χ0v) is 15.0. The first-order valence-corrected chi connectivity index (χ1v) is 9.79. The zero-order valence-electron chi connectivity index (χ0n) is 14.2. The number of aryl methyl sites for hydroxylation is 2. The Morgan fingerprint density at radius 2 is 1.54 bits per heavy atom. The van der Waals surface area contributed by atoms with E-state index in [0.717, 1.165) is 18.5 Å². The number of piperidine rings is 1. The van der Waals surface area contributed by atoms with E-state index in [1.807, 2.05) is 6.07 Å². The highest BCUT2D eigenvalue weighted by Crippen LogP contribution is 2.23. The summed E-state index contributed by atoms with van der Waals surface area (Å²) >= 11 is 0. The first-order chi connectivity index (χ1) is 11.4. The molecule has 2 aromatic rings. The minimum absolute atomic E-state index is 0.313. The Labute approximate surface area is 144 Å². The van der Waals surface area contributed by atoms with E-state index >= 15 is 0 Å². The van der Waals surface area contributed by atoms with Crippen LogP contribution in [0.5, 0.6) is 0 Å². The Morgan fingerprint density at radius 3 is 2.12 bits per heavy atom. The molecular formula is C19H24N2O2S. The second-order valence-corrected chi connectivity index (χ2v) is 8.45. The van der Waals surface area contributed by atoms with Crippen molar-refractivity contribution in [3.8, 4) is 0 Å². The van der Waals surface area contributed by atoms with Gasteiger partial charge in [-0.2, -0.15) is 4.31 Å². The molecule has 5 heteroatoms. The lowest BCUT2D eigenvalue weighted by molar-refractivity contribution is 0.330. The quantitative estimate of drug-likeness (QED) is 0.922. The van der Waals surface area contributed by atoms with E-state index in [2.05, 4.69) is 37.4 Å². The third-order valence-corrected chi connectivity index (χ3v) is 6.34. The van der Waals surface area contributed by atoms with Crippen LogP contribution in [0.3, 0.4) is 0 Å². The lowest BCUT2D eigenvalue weighted by Crippen LogP contribution is -2.42. The van der Waals surface area contributed by atoms with E-state index in [9.17, 15) is 8.42 Å². The second kappa shape index (κ2) is 6.95. The molecule has 1 aliphatic rings. The van der Waals surface area contributed by atoms with Gasteiger partial charge in [-0.3, -0.25) is 0 Å². The van der Waals surface area contributed by atoms with Gasteiger partial charge in [-0.25, -0.2) is 8.42 Å². The molecule has 0 aromatic heterocycles. The van der Waals surface area contributed by atoms with Gasteiger partial charge < -0.3 is 5.32 Å². The summed E-state index contributed by atoms with van der Waals surface area (Å²) in [5.74, 6) is 0. The zero-order chi connectivity index (χ0) is 17.2. The third kappa shape index (κ3) is 3.79. The largest absolute Gasteiger partial charge is 0.382 e. The molecule has 1 saturated heterocycles. The van der Waals surface area contributed by atoms with Crippen molar-refractivity contribution in [2.45, 2.75) is 37.6 Å². The van der Waals surface area contributed by atoms with Crippen LogP contribution in [0.1, 0.15) is 24.0 Å². The van der Waals surface area contributed by atoms with Gasteiger partial charge in [-0.05, 0) is 62.1 Å². The van der Waals surface area contributed by atoms with E-state index in [0.29, 0.717) is 24.0 Å². The van der Waals surface area contributed by atoms with Gasteiger partial charge in [0.15, 0.2) is 0 Å². The number of hydrogen-bond donors (Lipinski definition) is 1. The molecule has 3 rings (SSSR count). The summed E-state index contributed by atoms with van der Waals surface area (Å²) in [5.41, 5.74) is 3.60. The fraction of sp³-hybridized carbons (Fsp3) is 0.368. The Hall–Kier alpha value is -1.85. The summed E-state index contributed by atoms with van der Waals surface area (Å²) < 4.78 is 26.9. The van der Waals surface area contributed by atoms with Gasteiger partial charge in [0.05, 0.1) is 4.90 Å². The van der Waals surface area contributed by atoms with Crippen LogP contribution in [0, 0.1) is 13.8 Å². The maximum Gasteiger partial charge on any atom is 0.243 e. The van der Waals surface area contributed by atoms with Crippen molar-refractivity contribution in [2.24, 2.45) is 0 Å². The van der Waals surface area contributed by atoms with Gasteiger partial charge in [0.25, 0.3) is 0 Å². The predicted octanol–water partition coefficient (Wildman–Crippen LogP) is 3.57. The molecule has 0 atom stereocenters. The topological polar surface area (TPSA) is 49.4 Å². The molecule has 0 radical (unpaired) electrons. The Kier molecular flexibility index (Phi) is 4.92. The molecule has 0 spiro atoms. The van der Waals surface area contributed by atoms with E-state index in [4.69, 9.17) is 0 Å². The summed E-state index contributed by atoms with van der Waals surface area (Å²) in [6, 6.07) is 15.4. The minimum Gasteiger partial charge on any atom is -0.382 e. The normalized spacial score (nSPS) is 16.9. The number of sulfonamides is 1. The molecule has 0 unspecified atom stereocenters. The minimum atomic E-state index is -3.37. The standard InChI is InChI=1S/C19H24N2O2S/c1-15-12-16(2)14-18(13-15)20-17-8-10-21(11-9-17)24(22,23)19-6-4-3-5-7-19/h3-7,12-14,17,20H,8-11H2,1-2H3. The highest BCUT2D eigenvalue weighted by molar-refractivity contribution is 7.89. The van der Waals surface area contributed by atoms with Crippen molar-refractivity contribution in [2.75, 3.05) is 18.4 Å². The van der Waals surface area contributed by atoms with Gasteiger partial charge in [-0.1, -0.05) is 24.3 Å². The molecule has 0 aliphatic carbocycles. The molecule has 24 heavy (non-hydrogen) atoms. The molecule has 4 nitrogen and oxygen atoms in total. The Balaban J connectivity index is 1.63. The maximum absolute atomic E-state index is 12.6. The van der Waals surface area contributed by atoms with Crippen molar-refractivity contribution in [3.05, 3.63) is 59.7 Å². The summed E-state index contributed by atoms with van der Waals surface area (Å²) in [4.78, 5) is 0.380. The van der Waals surface area contributed by atoms with Crippen molar-refractivity contribution >= 4 is 15.7 Å². The van der Waals surface area contributed by atoms with Gasteiger partial charge in [0.2, 0.25) is 10.0 Å². The average Bonchev–Trinajstić information content (AvgIpc) is 2.55. The number of nitrogens with zero attached hydrogens (tertiary/aromatic N) is 1. The predicted molar refractivity (Wildman–Crippen MR) is 97.8 cm³/mol. The van der Waals surface area contributed by atoms with Crippen molar-refractivity contribution in [1.29, 1.82) is 0 Å². The maximum atomic E-state index is 12.6. The van der Waals surface area contributed by atoms with E-state index in [1.54, 1.807) is 28.6 Å². The van der Waals surface area contributed by atoms with Crippen LogP contribution in [0.2, 0.25) is 0 Å². The number of rotatable bonds is 4. The highest BCUT2D eigenvalue weighted by atomic mass is 32.2. The first-order valence-electron chi connectivity index (χ1n) is 8.35. The number of benzene rings is 2. The van der Waals surface area contributed by atoms with Crippen molar-refractivity contribution < 1.29 is 8.42 Å². The summed E-state index contributed by atoms with van der Waals surface area (Å²) in [7, 11) is -3.37. The molecular weight excluding hydrogens is 320 g/mol. The van der Waals surface area contributed by atoms with Crippen molar-refractivity contribution in [1.82, 2.24) is 4.31 Å². The SMILES string of the molecule is Cc1cc(C)cc(NC2CCN(S(=O)(=O)c3ccccc3)CC2)c1. The van der Waals surface area contributed by atoms with E-state index in [1.165, 1.54) is 11.1 Å². The molecule has 1 N–H and O–H groups in total. The number of hydrogen-bond acceptors (Lipinski definition) is 3. The van der Waals surface area contributed by atoms with Gasteiger partial charge in [0, 0.05) is 24.8 Å².